The molecule has 1 aromatic rings. The first-order valence-electron chi connectivity index (χ1n) is 6.60. The summed E-state index contributed by atoms with van der Waals surface area (Å²) in [5.41, 5.74) is 6.75. The van der Waals surface area contributed by atoms with Gasteiger partial charge in [-0.2, -0.15) is 0 Å². The maximum atomic E-state index is 12.1. The minimum atomic E-state index is -0.442. The molecule has 1 heterocycles. The van der Waals surface area contributed by atoms with E-state index in [1.54, 1.807) is 17.0 Å². The number of phenolic OH excluding ortho intramolecular Hbond substituents is 1. The minimum absolute atomic E-state index is 0.0103. The predicted molar refractivity (Wildman–Crippen MR) is 73.6 cm³/mol. The van der Waals surface area contributed by atoms with E-state index >= 15 is 0 Å². The largest absolute Gasteiger partial charge is 0.504 e. The lowest BCUT2D eigenvalue weighted by Gasteiger charge is -2.28. The molecule has 0 aromatic heterocycles. The smallest absolute Gasteiger partial charge is 0.224 e. The second-order valence-electron chi connectivity index (χ2n) is 4.74. The molecule has 6 nitrogen and oxygen atoms in total. The summed E-state index contributed by atoms with van der Waals surface area (Å²) in [4.78, 5) is 13.8. The molecule has 6 heteroatoms. The number of hydrogen-bond acceptors (Lipinski definition) is 5. The van der Waals surface area contributed by atoms with Gasteiger partial charge in [0.15, 0.2) is 11.5 Å². The Morgan fingerprint density at radius 2 is 2.20 bits per heavy atom. The highest BCUT2D eigenvalue weighted by molar-refractivity contribution is 5.77. The molecule has 1 saturated heterocycles. The molecule has 3 N–H and O–H groups in total. The van der Waals surface area contributed by atoms with Crippen molar-refractivity contribution < 1.29 is 19.4 Å². The standard InChI is InChI=1S/C14H20N2O4/c1-19-13-3-2-10(8-12(13)17)11(15)9-14(18)16-4-6-20-7-5-16/h2-3,8,11,17H,4-7,9,15H2,1H3. The van der Waals surface area contributed by atoms with Crippen LogP contribution in [0.25, 0.3) is 0 Å². The second kappa shape index (κ2) is 6.58. The Kier molecular flexibility index (Phi) is 4.81. The van der Waals surface area contributed by atoms with Crippen molar-refractivity contribution in [1.82, 2.24) is 4.90 Å². The van der Waals surface area contributed by atoms with Gasteiger partial charge >= 0.3 is 0 Å². The molecule has 1 unspecified atom stereocenters. The number of carbonyl (C=O) groups excluding carboxylic acids is 1. The van der Waals surface area contributed by atoms with E-state index < -0.39 is 6.04 Å². The topological polar surface area (TPSA) is 85.0 Å². The van der Waals surface area contributed by atoms with Gasteiger partial charge in [0.05, 0.1) is 20.3 Å². The number of morpholine rings is 1. The van der Waals surface area contributed by atoms with Gasteiger partial charge in [-0.25, -0.2) is 0 Å². The lowest BCUT2D eigenvalue weighted by atomic mass is 10.0. The molecular formula is C14H20N2O4. The number of ether oxygens (including phenoxy) is 2. The fourth-order valence-electron chi connectivity index (χ4n) is 2.19. The van der Waals surface area contributed by atoms with Crippen molar-refractivity contribution in [2.45, 2.75) is 12.5 Å². The zero-order chi connectivity index (χ0) is 14.5. The van der Waals surface area contributed by atoms with Gasteiger partial charge in [-0.3, -0.25) is 4.79 Å². The SMILES string of the molecule is COc1ccc(C(N)CC(=O)N2CCOCC2)cc1O. The molecule has 1 fully saturated rings. The van der Waals surface area contributed by atoms with Crippen molar-refractivity contribution in [3.63, 3.8) is 0 Å². The molecule has 0 saturated carbocycles. The Labute approximate surface area is 118 Å². The van der Waals surface area contributed by atoms with Crippen molar-refractivity contribution in [3.8, 4) is 11.5 Å². The van der Waals surface area contributed by atoms with E-state index in [0.29, 0.717) is 37.6 Å². The molecule has 1 amide bonds. The monoisotopic (exact) mass is 280 g/mol. The van der Waals surface area contributed by atoms with Gasteiger partial charge in [-0.05, 0) is 17.7 Å². The molecule has 0 bridgehead atoms. The summed E-state index contributed by atoms with van der Waals surface area (Å²) in [6.45, 7) is 2.37. The van der Waals surface area contributed by atoms with Gasteiger partial charge in [0.2, 0.25) is 5.91 Å². The quantitative estimate of drug-likeness (QED) is 0.846. The molecule has 2 rings (SSSR count). The fraction of sp³-hybridized carbons (Fsp3) is 0.500. The van der Waals surface area contributed by atoms with E-state index in [1.165, 1.54) is 13.2 Å². The van der Waals surface area contributed by atoms with Crippen molar-refractivity contribution in [1.29, 1.82) is 0 Å². The first kappa shape index (κ1) is 14.6. The van der Waals surface area contributed by atoms with Crippen LogP contribution in [-0.4, -0.2) is 49.3 Å². The fourth-order valence-corrected chi connectivity index (χ4v) is 2.19. The van der Waals surface area contributed by atoms with Crippen LogP contribution < -0.4 is 10.5 Å². The molecule has 1 aromatic carbocycles. The average molecular weight is 280 g/mol. The van der Waals surface area contributed by atoms with E-state index in [1.807, 2.05) is 0 Å². The van der Waals surface area contributed by atoms with Crippen LogP contribution in [0.15, 0.2) is 18.2 Å². The molecule has 0 aliphatic carbocycles. The van der Waals surface area contributed by atoms with E-state index in [-0.39, 0.29) is 18.1 Å². The van der Waals surface area contributed by atoms with Gasteiger partial charge in [0.1, 0.15) is 0 Å². The zero-order valence-electron chi connectivity index (χ0n) is 11.5. The Bertz CT molecular complexity index is 472. The third-order valence-corrected chi connectivity index (χ3v) is 3.39. The van der Waals surface area contributed by atoms with Crippen molar-refractivity contribution in [3.05, 3.63) is 23.8 Å². The highest BCUT2D eigenvalue weighted by Gasteiger charge is 2.20. The lowest BCUT2D eigenvalue weighted by Crippen LogP contribution is -2.41. The zero-order valence-corrected chi connectivity index (χ0v) is 11.5. The van der Waals surface area contributed by atoms with Gasteiger partial charge < -0.3 is 25.2 Å². The summed E-state index contributed by atoms with van der Waals surface area (Å²) in [5.74, 6) is 0.427. The Balaban J connectivity index is 1.98. The Hall–Kier alpha value is -1.79. The molecule has 0 radical (unpaired) electrons. The maximum Gasteiger partial charge on any atom is 0.224 e. The van der Waals surface area contributed by atoms with Crippen molar-refractivity contribution >= 4 is 5.91 Å². The van der Waals surface area contributed by atoms with Crippen LogP contribution in [0.3, 0.4) is 0 Å². The van der Waals surface area contributed by atoms with Gasteiger partial charge in [0.25, 0.3) is 0 Å². The number of aromatic hydroxyl groups is 1. The minimum Gasteiger partial charge on any atom is -0.504 e. The lowest BCUT2D eigenvalue weighted by molar-refractivity contribution is -0.135. The van der Waals surface area contributed by atoms with Crippen LogP contribution in [0.5, 0.6) is 11.5 Å². The number of rotatable bonds is 4. The van der Waals surface area contributed by atoms with Crippen LogP contribution >= 0.6 is 0 Å². The highest BCUT2D eigenvalue weighted by atomic mass is 16.5. The van der Waals surface area contributed by atoms with Gasteiger partial charge in [0, 0.05) is 25.6 Å². The molecule has 1 aliphatic heterocycles. The molecule has 1 aliphatic rings. The van der Waals surface area contributed by atoms with Gasteiger partial charge in [-0.1, -0.05) is 6.07 Å². The summed E-state index contributed by atoms with van der Waals surface area (Å²) in [6.07, 6.45) is 0.214. The summed E-state index contributed by atoms with van der Waals surface area (Å²) in [5, 5.41) is 9.73. The number of phenols is 1. The van der Waals surface area contributed by atoms with Crippen molar-refractivity contribution in [2.24, 2.45) is 5.73 Å². The highest BCUT2D eigenvalue weighted by Crippen LogP contribution is 2.29. The molecular weight excluding hydrogens is 260 g/mol. The van der Waals surface area contributed by atoms with Crippen molar-refractivity contribution in [2.75, 3.05) is 33.4 Å². The summed E-state index contributed by atoms with van der Waals surface area (Å²) >= 11 is 0. The normalized spacial score (nSPS) is 16.8. The van der Waals surface area contributed by atoms with Crippen LogP contribution in [0, 0.1) is 0 Å². The predicted octanol–water partition coefficient (Wildman–Crippen LogP) is 0.649. The summed E-state index contributed by atoms with van der Waals surface area (Å²) in [6, 6.07) is 4.50. The Morgan fingerprint density at radius 3 is 2.80 bits per heavy atom. The number of carbonyl (C=O) groups is 1. The van der Waals surface area contributed by atoms with Crippen LogP contribution in [0.1, 0.15) is 18.0 Å². The molecule has 20 heavy (non-hydrogen) atoms. The summed E-state index contributed by atoms with van der Waals surface area (Å²) in [7, 11) is 1.48. The van der Waals surface area contributed by atoms with Gasteiger partial charge in [-0.15, -0.1) is 0 Å². The summed E-state index contributed by atoms with van der Waals surface area (Å²) < 4.78 is 10.2. The number of nitrogens with zero attached hydrogens (tertiary/aromatic N) is 1. The van der Waals surface area contributed by atoms with Crippen LogP contribution in [0.4, 0.5) is 0 Å². The second-order valence-corrected chi connectivity index (χ2v) is 4.74. The average Bonchev–Trinajstić information content (AvgIpc) is 2.48. The molecule has 110 valence electrons. The van der Waals surface area contributed by atoms with E-state index in [2.05, 4.69) is 0 Å². The third-order valence-electron chi connectivity index (χ3n) is 3.39. The first-order valence-corrected chi connectivity index (χ1v) is 6.60. The first-order chi connectivity index (χ1) is 9.61. The number of nitrogens with two attached hydrogens (primary N) is 1. The molecule has 1 atom stereocenters. The van der Waals surface area contributed by atoms with E-state index in [9.17, 15) is 9.90 Å². The third kappa shape index (κ3) is 3.40. The van der Waals surface area contributed by atoms with E-state index in [4.69, 9.17) is 15.2 Å². The van der Waals surface area contributed by atoms with E-state index in [0.717, 1.165) is 0 Å². The number of benzene rings is 1. The molecule has 0 spiro atoms. The number of methoxy groups -OCH3 is 1. The Morgan fingerprint density at radius 1 is 1.50 bits per heavy atom. The van der Waals surface area contributed by atoms with Crippen LogP contribution in [-0.2, 0) is 9.53 Å². The maximum absolute atomic E-state index is 12.1. The number of hydrogen-bond donors (Lipinski definition) is 2. The van der Waals surface area contributed by atoms with Crippen LogP contribution in [0.2, 0.25) is 0 Å². The number of amides is 1.